The van der Waals surface area contributed by atoms with Gasteiger partial charge >= 0.3 is 0 Å². The fourth-order valence-corrected chi connectivity index (χ4v) is 3.53. The van der Waals surface area contributed by atoms with Gasteiger partial charge in [0.25, 0.3) is 5.89 Å². The second-order valence-electron chi connectivity index (χ2n) is 7.07. The molecule has 138 valence electrons. The standard InChI is InChI=1S/C19H24N4O3/c1-14-4-2-5-15(10-14)11-23-8-7-22(13-18(23)24)12-17-20-19(26-21-17)16-6-3-9-25-16/h2,4-5,10,16H,3,6-9,11-13H2,1H3/t16-/m0/s1. The van der Waals surface area contributed by atoms with Gasteiger partial charge in [-0.25, -0.2) is 0 Å². The summed E-state index contributed by atoms with van der Waals surface area (Å²) in [6.07, 6.45) is 1.89. The lowest BCUT2D eigenvalue weighted by Crippen LogP contribution is -2.49. The molecule has 3 heterocycles. The summed E-state index contributed by atoms with van der Waals surface area (Å²) in [5.74, 6) is 1.32. The lowest BCUT2D eigenvalue weighted by Gasteiger charge is -2.33. The van der Waals surface area contributed by atoms with Gasteiger partial charge in [-0.15, -0.1) is 0 Å². The van der Waals surface area contributed by atoms with Crippen LogP contribution in [0.4, 0.5) is 0 Å². The molecule has 2 aromatic rings. The lowest BCUT2D eigenvalue weighted by molar-refractivity contribution is -0.136. The van der Waals surface area contributed by atoms with Crippen LogP contribution in [-0.4, -0.2) is 52.1 Å². The van der Waals surface area contributed by atoms with Gasteiger partial charge in [0.05, 0.1) is 13.1 Å². The molecular formula is C19H24N4O3. The van der Waals surface area contributed by atoms with Crippen molar-refractivity contribution in [1.82, 2.24) is 19.9 Å². The first-order chi connectivity index (χ1) is 12.7. The van der Waals surface area contributed by atoms with E-state index in [2.05, 4.69) is 40.2 Å². The summed E-state index contributed by atoms with van der Waals surface area (Å²) >= 11 is 0. The molecule has 0 N–H and O–H groups in total. The fraction of sp³-hybridized carbons (Fsp3) is 0.526. The Bertz CT molecular complexity index is 770. The Morgan fingerprint density at radius 2 is 2.19 bits per heavy atom. The second kappa shape index (κ2) is 7.55. The van der Waals surface area contributed by atoms with E-state index in [0.29, 0.717) is 37.9 Å². The van der Waals surface area contributed by atoms with E-state index in [0.717, 1.165) is 26.0 Å². The van der Waals surface area contributed by atoms with Crippen molar-refractivity contribution in [2.75, 3.05) is 26.2 Å². The highest BCUT2D eigenvalue weighted by atomic mass is 16.5. The number of carbonyl (C=O) groups excluding carboxylic acids is 1. The van der Waals surface area contributed by atoms with E-state index in [4.69, 9.17) is 9.26 Å². The molecule has 1 aromatic carbocycles. The molecule has 1 atom stereocenters. The maximum atomic E-state index is 12.5. The first kappa shape index (κ1) is 17.2. The molecule has 2 fully saturated rings. The highest BCUT2D eigenvalue weighted by molar-refractivity contribution is 5.79. The van der Waals surface area contributed by atoms with Gasteiger partial charge in [-0.1, -0.05) is 35.0 Å². The number of amides is 1. The van der Waals surface area contributed by atoms with E-state index < -0.39 is 0 Å². The fourth-order valence-electron chi connectivity index (χ4n) is 3.53. The van der Waals surface area contributed by atoms with Crippen LogP contribution in [0.2, 0.25) is 0 Å². The van der Waals surface area contributed by atoms with Crippen molar-refractivity contribution in [2.45, 2.75) is 39.0 Å². The van der Waals surface area contributed by atoms with E-state index >= 15 is 0 Å². The second-order valence-corrected chi connectivity index (χ2v) is 7.07. The molecule has 2 aliphatic rings. The Balaban J connectivity index is 1.31. The molecule has 4 rings (SSSR count). The quantitative estimate of drug-likeness (QED) is 0.817. The molecule has 1 aromatic heterocycles. The van der Waals surface area contributed by atoms with Gasteiger partial charge in [0, 0.05) is 26.2 Å². The van der Waals surface area contributed by atoms with Gasteiger partial charge < -0.3 is 14.2 Å². The SMILES string of the molecule is Cc1cccc(CN2CCN(Cc3noc([C@@H]4CCCO4)n3)CC2=O)c1. The third-order valence-electron chi connectivity index (χ3n) is 4.91. The third-order valence-corrected chi connectivity index (χ3v) is 4.91. The zero-order chi connectivity index (χ0) is 17.9. The van der Waals surface area contributed by atoms with Crippen molar-refractivity contribution in [3.63, 3.8) is 0 Å². The number of benzene rings is 1. The van der Waals surface area contributed by atoms with Crippen LogP contribution in [0.15, 0.2) is 28.8 Å². The molecule has 0 spiro atoms. The normalized spacial score (nSPS) is 21.5. The maximum Gasteiger partial charge on any atom is 0.255 e. The van der Waals surface area contributed by atoms with Crippen LogP contribution in [0.5, 0.6) is 0 Å². The average molecular weight is 356 g/mol. The lowest BCUT2D eigenvalue weighted by atomic mass is 10.1. The molecule has 2 aliphatic heterocycles. The number of piperazine rings is 1. The zero-order valence-electron chi connectivity index (χ0n) is 15.1. The molecule has 0 bridgehead atoms. The smallest absolute Gasteiger partial charge is 0.255 e. The molecule has 2 saturated heterocycles. The largest absolute Gasteiger partial charge is 0.368 e. The molecule has 7 nitrogen and oxygen atoms in total. The van der Waals surface area contributed by atoms with Crippen molar-refractivity contribution in [2.24, 2.45) is 0 Å². The third kappa shape index (κ3) is 3.94. The molecule has 1 amide bonds. The Morgan fingerprint density at radius 3 is 2.96 bits per heavy atom. The molecule has 0 unspecified atom stereocenters. The van der Waals surface area contributed by atoms with E-state index in [1.54, 1.807) is 0 Å². The van der Waals surface area contributed by atoms with E-state index in [-0.39, 0.29) is 12.0 Å². The number of hydrogen-bond donors (Lipinski definition) is 0. The van der Waals surface area contributed by atoms with E-state index in [1.807, 2.05) is 11.0 Å². The number of aromatic nitrogens is 2. The van der Waals surface area contributed by atoms with Crippen molar-refractivity contribution < 1.29 is 14.1 Å². The van der Waals surface area contributed by atoms with Crippen LogP contribution in [0.1, 0.15) is 41.8 Å². The van der Waals surface area contributed by atoms with Crippen molar-refractivity contribution >= 4 is 5.91 Å². The summed E-state index contributed by atoms with van der Waals surface area (Å²) in [6, 6.07) is 8.30. The van der Waals surface area contributed by atoms with Crippen LogP contribution >= 0.6 is 0 Å². The molecular weight excluding hydrogens is 332 g/mol. The maximum absolute atomic E-state index is 12.5. The van der Waals surface area contributed by atoms with E-state index in [1.165, 1.54) is 11.1 Å². The van der Waals surface area contributed by atoms with Crippen LogP contribution in [0.3, 0.4) is 0 Å². The Labute approximate surface area is 152 Å². The van der Waals surface area contributed by atoms with Crippen LogP contribution < -0.4 is 0 Å². The Kier molecular flexibility index (Phi) is 4.99. The Morgan fingerprint density at radius 1 is 1.27 bits per heavy atom. The molecule has 7 heteroatoms. The summed E-state index contributed by atoms with van der Waals surface area (Å²) in [7, 11) is 0. The molecule has 0 aliphatic carbocycles. The minimum absolute atomic E-state index is 0.0657. The summed E-state index contributed by atoms with van der Waals surface area (Å²) in [6.45, 7) is 5.92. The highest BCUT2D eigenvalue weighted by Gasteiger charge is 2.27. The Hall–Kier alpha value is -2.25. The van der Waals surface area contributed by atoms with Gasteiger partial charge in [-0.3, -0.25) is 9.69 Å². The minimum atomic E-state index is -0.0657. The number of hydrogen-bond acceptors (Lipinski definition) is 6. The summed E-state index contributed by atoms with van der Waals surface area (Å²) < 4.78 is 10.9. The topological polar surface area (TPSA) is 71.7 Å². The molecule has 26 heavy (non-hydrogen) atoms. The van der Waals surface area contributed by atoms with Gasteiger partial charge in [-0.05, 0) is 25.3 Å². The molecule has 0 saturated carbocycles. The monoisotopic (exact) mass is 356 g/mol. The van der Waals surface area contributed by atoms with Crippen molar-refractivity contribution in [3.8, 4) is 0 Å². The van der Waals surface area contributed by atoms with E-state index in [9.17, 15) is 4.79 Å². The number of rotatable bonds is 5. The first-order valence-corrected chi connectivity index (χ1v) is 9.17. The minimum Gasteiger partial charge on any atom is -0.368 e. The van der Waals surface area contributed by atoms with Crippen LogP contribution in [0, 0.1) is 6.92 Å². The molecule has 0 radical (unpaired) electrons. The van der Waals surface area contributed by atoms with Crippen molar-refractivity contribution in [1.29, 1.82) is 0 Å². The summed E-state index contributed by atoms with van der Waals surface area (Å²) in [4.78, 5) is 20.9. The number of carbonyl (C=O) groups is 1. The van der Waals surface area contributed by atoms with Crippen LogP contribution in [0.25, 0.3) is 0 Å². The highest BCUT2D eigenvalue weighted by Crippen LogP contribution is 2.27. The van der Waals surface area contributed by atoms with Gasteiger partial charge in [0.2, 0.25) is 5.91 Å². The zero-order valence-corrected chi connectivity index (χ0v) is 15.1. The van der Waals surface area contributed by atoms with Crippen molar-refractivity contribution in [3.05, 3.63) is 47.1 Å². The van der Waals surface area contributed by atoms with Gasteiger partial charge in [0.1, 0.15) is 6.10 Å². The van der Waals surface area contributed by atoms with Crippen LogP contribution in [-0.2, 0) is 22.6 Å². The summed E-state index contributed by atoms with van der Waals surface area (Å²) in [5, 5.41) is 4.04. The number of ether oxygens (including phenoxy) is 1. The van der Waals surface area contributed by atoms with Gasteiger partial charge in [0.15, 0.2) is 5.82 Å². The van der Waals surface area contributed by atoms with Gasteiger partial charge in [-0.2, -0.15) is 4.98 Å². The first-order valence-electron chi connectivity index (χ1n) is 9.17. The number of nitrogens with zero attached hydrogens (tertiary/aromatic N) is 4. The summed E-state index contributed by atoms with van der Waals surface area (Å²) in [5.41, 5.74) is 2.39. The predicted octanol–water partition coefficient (Wildman–Crippen LogP) is 2.07. The number of aryl methyl sites for hydroxylation is 1. The average Bonchev–Trinajstić information content (AvgIpc) is 3.29. The predicted molar refractivity (Wildman–Crippen MR) is 94.1 cm³/mol.